The van der Waals surface area contributed by atoms with Crippen molar-refractivity contribution in [2.45, 2.75) is 19.3 Å². The molecule has 0 bridgehead atoms. The second-order valence-corrected chi connectivity index (χ2v) is 8.54. The van der Waals surface area contributed by atoms with Gasteiger partial charge in [0.15, 0.2) is 0 Å². The number of aromatic amines is 1. The molecule has 2 fully saturated rings. The molecule has 1 N–H and O–H groups in total. The maximum Gasteiger partial charge on any atom is 0.254 e. The van der Waals surface area contributed by atoms with Crippen LogP contribution >= 0.6 is 15.9 Å². The zero-order chi connectivity index (χ0) is 19.5. The minimum absolute atomic E-state index is 0.0409. The van der Waals surface area contributed by atoms with Gasteiger partial charge in [0.05, 0.1) is 24.3 Å². The van der Waals surface area contributed by atoms with Crippen LogP contribution < -0.4 is 5.56 Å². The number of halogens is 1. The molecule has 6 nitrogen and oxygen atoms in total. The Hall–Kier alpha value is -1.70. The van der Waals surface area contributed by atoms with Crippen LogP contribution in [0.4, 0.5) is 0 Å². The fourth-order valence-electron chi connectivity index (χ4n) is 4.21. The number of benzene rings is 1. The lowest BCUT2D eigenvalue weighted by molar-refractivity contribution is 0.0332. The van der Waals surface area contributed by atoms with E-state index in [4.69, 9.17) is 4.74 Å². The van der Waals surface area contributed by atoms with Crippen molar-refractivity contribution in [3.05, 3.63) is 44.7 Å². The van der Waals surface area contributed by atoms with E-state index < -0.39 is 0 Å². The summed E-state index contributed by atoms with van der Waals surface area (Å²) in [6, 6.07) is 7.08. The van der Waals surface area contributed by atoms with Crippen molar-refractivity contribution in [1.82, 2.24) is 14.8 Å². The van der Waals surface area contributed by atoms with Gasteiger partial charge in [-0.2, -0.15) is 0 Å². The number of ether oxygens (including phenoxy) is 1. The third kappa shape index (κ3) is 4.31. The Balaban J connectivity index is 1.40. The van der Waals surface area contributed by atoms with E-state index in [0.29, 0.717) is 17.0 Å². The zero-order valence-corrected chi connectivity index (χ0v) is 17.5. The van der Waals surface area contributed by atoms with Crippen LogP contribution in [0.3, 0.4) is 0 Å². The van der Waals surface area contributed by atoms with Gasteiger partial charge in [-0.1, -0.05) is 12.1 Å². The number of nitrogens with zero attached hydrogens (tertiary/aromatic N) is 2. The number of H-pyrrole nitrogens is 1. The van der Waals surface area contributed by atoms with E-state index in [1.807, 2.05) is 23.1 Å². The summed E-state index contributed by atoms with van der Waals surface area (Å²) in [6.07, 6.45) is 3.24. The summed E-state index contributed by atoms with van der Waals surface area (Å²) in [5, 5.41) is 0.786. The Morgan fingerprint density at radius 2 is 1.93 bits per heavy atom. The molecule has 150 valence electrons. The van der Waals surface area contributed by atoms with Crippen LogP contribution in [0.5, 0.6) is 0 Å². The number of hydrogen-bond donors (Lipinski definition) is 1. The minimum Gasteiger partial charge on any atom is -0.379 e. The second kappa shape index (κ2) is 8.76. The number of hydrogen-bond acceptors (Lipinski definition) is 4. The number of para-hydroxylation sites is 1. The largest absolute Gasteiger partial charge is 0.379 e. The van der Waals surface area contributed by atoms with Gasteiger partial charge in [-0.15, -0.1) is 0 Å². The number of morpholine rings is 1. The van der Waals surface area contributed by atoms with Crippen LogP contribution in [-0.2, 0) is 4.74 Å². The highest BCUT2D eigenvalue weighted by molar-refractivity contribution is 9.10. The fraction of sp³-hybridized carbons (Fsp3) is 0.524. The molecule has 0 saturated carbocycles. The number of rotatable bonds is 4. The van der Waals surface area contributed by atoms with Crippen LogP contribution in [0.25, 0.3) is 10.9 Å². The SMILES string of the molecule is O=C(c1cc(=O)[nH]c2c(Br)cccc12)N1CCC(CCN2CCOCC2)CC1. The van der Waals surface area contributed by atoms with Crippen molar-refractivity contribution in [1.29, 1.82) is 0 Å². The number of fused-ring (bicyclic) bond motifs is 1. The first kappa shape index (κ1) is 19.6. The van der Waals surface area contributed by atoms with Gasteiger partial charge in [-0.25, -0.2) is 0 Å². The number of piperidine rings is 1. The smallest absolute Gasteiger partial charge is 0.254 e. The molecule has 0 aliphatic carbocycles. The van der Waals surface area contributed by atoms with E-state index in [0.717, 1.165) is 68.6 Å². The Labute approximate surface area is 173 Å². The van der Waals surface area contributed by atoms with Crippen LogP contribution in [0, 0.1) is 5.92 Å². The van der Waals surface area contributed by atoms with E-state index >= 15 is 0 Å². The topological polar surface area (TPSA) is 65.6 Å². The Morgan fingerprint density at radius 1 is 1.18 bits per heavy atom. The number of carbonyl (C=O) groups excluding carboxylic acids is 1. The van der Waals surface area contributed by atoms with E-state index in [1.54, 1.807) is 0 Å². The highest BCUT2D eigenvalue weighted by Crippen LogP contribution is 2.26. The van der Waals surface area contributed by atoms with Gasteiger partial charge in [-0.05, 0) is 53.7 Å². The van der Waals surface area contributed by atoms with E-state index in [1.165, 1.54) is 12.5 Å². The summed E-state index contributed by atoms with van der Waals surface area (Å²) in [6.45, 7) is 6.38. The van der Waals surface area contributed by atoms with Gasteiger partial charge in [-0.3, -0.25) is 14.5 Å². The first-order chi connectivity index (χ1) is 13.6. The van der Waals surface area contributed by atoms with Crippen LogP contribution in [0.1, 0.15) is 29.6 Å². The third-order valence-corrected chi connectivity index (χ3v) is 6.58. The van der Waals surface area contributed by atoms with Crippen LogP contribution in [0.2, 0.25) is 0 Å². The predicted molar refractivity (Wildman–Crippen MR) is 113 cm³/mol. The molecule has 1 aromatic heterocycles. The normalized spacial score (nSPS) is 19.2. The third-order valence-electron chi connectivity index (χ3n) is 5.92. The molecular weight excluding hydrogens is 422 g/mol. The Morgan fingerprint density at radius 3 is 2.68 bits per heavy atom. The number of nitrogens with one attached hydrogen (secondary N) is 1. The van der Waals surface area contributed by atoms with Gasteiger partial charge >= 0.3 is 0 Å². The van der Waals surface area contributed by atoms with Gasteiger partial charge in [0, 0.05) is 42.1 Å². The molecule has 3 heterocycles. The minimum atomic E-state index is -0.247. The summed E-state index contributed by atoms with van der Waals surface area (Å²) in [5.74, 6) is 0.623. The molecule has 0 spiro atoms. The van der Waals surface area contributed by atoms with E-state index in [9.17, 15) is 9.59 Å². The molecule has 0 radical (unpaired) electrons. The molecule has 2 aliphatic rings. The summed E-state index contributed by atoms with van der Waals surface area (Å²) < 4.78 is 6.20. The fourth-order valence-corrected chi connectivity index (χ4v) is 4.67. The summed E-state index contributed by atoms with van der Waals surface area (Å²) in [5.41, 5.74) is 0.925. The van der Waals surface area contributed by atoms with Gasteiger partial charge in [0.25, 0.3) is 5.91 Å². The van der Waals surface area contributed by atoms with Crippen LogP contribution in [0.15, 0.2) is 33.5 Å². The number of carbonyl (C=O) groups is 1. The maximum absolute atomic E-state index is 13.1. The summed E-state index contributed by atoms with van der Waals surface area (Å²) in [4.78, 5) is 32.4. The monoisotopic (exact) mass is 447 g/mol. The lowest BCUT2D eigenvalue weighted by atomic mass is 9.92. The quantitative estimate of drug-likeness (QED) is 0.782. The second-order valence-electron chi connectivity index (χ2n) is 7.69. The van der Waals surface area contributed by atoms with Crippen molar-refractivity contribution < 1.29 is 9.53 Å². The van der Waals surface area contributed by atoms with Crippen molar-refractivity contribution in [3.63, 3.8) is 0 Å². The van der Waals surface area contributed by atoms with Crippen molar-refractivity contribution in [2.75, 3.05) is 45.9 Å². The Bertz CT molecular complexity index is 899. The summed E-state index contributed by atoms with van der Waals surface area (Å²) >= 11 is 3.46. The van der Waals surface area contributed by atoms with Crippen molar-refractivity contribution in [2.24, 2.45) is 5.92 Å². The highest BCUT2D eigenvalue weighted by Gasteiger charge is 2.25. The molecular formula is C21H26BrN3O3. The molecule has 0 unspecified atom stereocenters. The van der Waals surface area contributed by atoms with E-state index in [2.05, 4.69) is 25.8 Å². The number of aromatic nitrogens is 1. The van der Waals surface area contributed by atoms with Crippen molar-refractivity contribution in [3.8, 4) is 0 Å². The molecule has 2 aromatic rings. The molecule has 0 atom stereocenters. The lowest BCUT2D eigenvalue weighted by Gasteiger charge is -2.34. The highest BCUT2D eigenvalue weighted by atomic mass is 79.9. The summed E-state index contributed by atoms with van der Waals surface area (Å²) in [7, 11) is 0. The van der Waals surface area contributed by atoms with Gasteiger partial charge < -0.3 is 14.6 Å². The molecule has 28 heavy (non-hydrogen) atoms. The number of likely N-dealkylation sites (tertiary alicyclic amines) is 1. The molecule has 2 aliphatic heterocycles. The molecule has 4 rings (SSSR count). The molecule has 7 heteroatoms. The first-order valence-corrected chi connectivity index (χ1v) is 10.8. The maximum atomic E-state index is 13.1. The number of pyridine rings is 1. The van der Waals surface area contributed by atoms with Gasteiger partial charge in [0.2, 0.25) is 5.56 Å². The first-order valence-electron chi connectivity index (χ1n) is 10.0. The predicted octanol–water partition coefficient (Wildman–Crippen LogP) is 2.87. The van der Waals surface area contributed by atoms with E-state index in [-0.39, 0.29) is 11.5 Å². The molecule has 1 amide bonds. The molecule has 2 saturated heterocycles. The Kier molecular flexibility index (Phi) is 6.13. The number of amides is 1. The average molecular weight is 448 g/mol. The standard InChI is InChI=1S/C21H26BrN3O3/c22-18-3-1-2-16-17(14-19(26)23-20(16)18)21(27)25-8-5-15(6-9-25)4-7-24-10-12-28-13-11-24/h1-3,14-15H,4-13H2,(H,23,26). The average Bonchev–Trinajstić information content (AvgIpc) is 2.73. The zero-order valence-electron chi connectivity index (χ0n) is 16.0. The van der Waals surface area contributed by atoms with Crippen LogP contribution in [-0.4, -0.2) is 66.6 Å². The van der Waals surface area contributed by atoms with Gasteiger partial charge in [0.1, 0.15) is 0 Å². The lowest BCUT2D eigenvalue weighted by Crippen LogP contribution is -2.41. The van der Waals surface area contributed by atoms with Crippen molar-refractivity contribution >= 4 is 32.7 Å². The molecule has 1 aromatic carbocycles.